The fourth-order valence-corrected chi connectivity index (χ4v) is 2.20. The number of nitrogens with one attached hydrogen (secondary N) is 1. The third-order valence-corrected chi connectivity index (χ3v) is 3.32. The maximum absolute atomic E-state index is 11.9. The molecule has 0 saturated carbocycles. The lowest BCUT2D eigenvalue weighted by Gasteiger charge is -2.20. The van der Waals surface area contributed by atoms with Crippen molar-refractivity contribution in [3.8, 4) is 11.3 Å². The molecule has 0 aliphatic rings. The fourth-order valence-electron chi connectivity index (χ4n) is 2.07. The zero-order valence-electron chi connectivity index (χ0n) is 13.5. The second-order valence-corrected chi connectivity index (χ2v) is 6.77. The van der Waals surface area contributed by atoms with Crippen molar-refractivity contribution in [2.75, 3.05) is 0 Å². The molecule has 0 unspecified atom stereocenters. The van der Waals surface area contributed by atoms with E-state index in [2.05, 4.69) is 10.4 Å². The number of aryl methyl sites for hydroxylation is 1. The summed E-state index contributed by atoms with van der Waals surface area (Å²) in [5.74, 6) is -0.108. The first-order valence-electron chi connectivity index (χ1n) is 7.40. The molecule has 1 N–H and O–H groups in total. The number of carbonyl (C=O) groups is 1. The highest BCUT2D eigenvalue weighted by Crippen LogP contribution is 2.18. The zero-order chi connectivity index (χ0) is 17.0. The van der Waals surface area contributed by atoms with E-state index in [-0.39, 0.29) is 30.0 Å². The molecule has 1 aromatic heterocycles. The van der Waals surface area contributed by atoms with Gasteiger partial charge in [-0.3, -0.25) is 9.59 Å². The topological polar surface area (TPSA) is 64.0 Å². The van der Waals surface area contributed by atoms with Crippen molar-refractivity contribution in [1.82, 2.24) is 15.1 Å². The van der Waals surface area contributed by atoms with Gasteiger partial charge in [-0.2, -0.15) is 5.10 Å². The van der Waals surface area contributed by atoms with E-state index in [1.807, 2.05) is 32.9 Å². The van der Waals surface area contributed by atoms with E-state index in [0.717, 1.165) is 5.56 Å². The SMILES string of the molecule is CC(C)(C)NC(=O)CCn1nc(-c2ccc(Cl)cc2)ccc1=O. The van der Waals surface area contributed by atoms with Crippen LogP contribution in [-0.4, -0.2) is 21.2 Å². The van der Waals surface area contributed by atoms with E-state index in [4.69, 9.17) is 11.6 Å². The van der Waals surface area contributed by atoms with Gasteiger partial charge < -0.3 is 5.32 Å². The van der Waals surface area contributed by atoms with Crippen molar-refractivity contribution in [2.24, 2.45) is 0 Å². The fraction of sp³-hybridized carbons (Fsp3) is 0.353. The molecule has 2 aromatic rings. The van der Waals surface area contributed by atoms with Crippen LogP contribution in [0.4, 0.5) is 0 Å². The smallest absolute Gasteiger partial charge is 0.266 e. The Bertz CT molecular complexity index is 746. The minimum atomic E-state index is -0.291. The molecule has 23 heavy (non-hydrogen) atoms. The van der Waals surface area contributed by atoms with Gasteiger partial charge >= 0.3 is 0 Å². The molecule has 0 fully saturated rings. The van der Waals surface area contributed by atoms with Crippen LogP contribution in [0.3, 0.4) is 0 Å². The van der Waals surface area contributed by atoms with Gasteiger partial charge in [0.2, 0.25) is 5.91 Å². The molecule has 2 rings (SSSR count). The number of rotatable bonds is 4. The molecule has 0 atom stereocenters. The Kier molecular flexibility index (Phi) is 5.21. The van der Waals surface area contributed by atoms with Crippen LogP contribution < -0.4 is 10.9 Å². The normalized spacial score (nSPS) is 11.3. The molecular formula is C17H20ClN3O2. The van der Waals surface area contributed by atoms with Gasteiger partial charge in [0.15, 0.2) is 0 Å². The Labute approximate surface area is 140 Å². The number of hydrogen-bond donors (Lipinski definition) is 1. The van der Waals surface area contributed by atoms with Gasteiger partial charge in [0.25, 0.3) is 5.56 Å². The first kappa shape index (κ1) is 17.2. The van der Waals surface area contributed by atoms with Crippen molar-refractivity contribution in [3.05, 3.63) is 51.8 Å². The summed E-state index contributed by atoms with van der Waals surface area (Å²) in [6.07, 6.45) is 0.203. The third-order valence-electron chi connectivity index (χ3n) is 3.07. The maximum Gasteiger partial charge on any atom is 0.266 e. The second kappa shape index (κ2) is 6.96. The highest BCUT2D eigenvalue weighted by atomic mass is 35.5. The van der Waals surface area contributed by atoms with E-state index >= 15 is 0 Å². The Hall–Kier alpha value is -2.14. The van der Waals surface area contributed by atoms with Crippen LogP contribution in [0.5, 0.6) is 0 Å². The predicted octanol–water partition coefficient (Wildman–Crippen LogP) is 2.87. The van der Waals surface area contributed by atoms with Crippen molar-refractivity contribution in [2.45, 2.75) is 39.3 Å². The highest BCUT2D eigenvalue weighted by Gasteiger charge is 2.14. The number of aromatic nitrogens is 2. The lowest BCUT2D eigenvalue weighted by Crippen LogP contribution is -2.41. The molecule has 0 saturated heterocycles. The lowest BCUT2D eigenvalue weighted by molar-refractivity contribution is -0.122. The van der Waals surface area contributed by atoms with Gasteiger partial charge in [-0.05, 0) is 39.0 Å². The minimum Gasteiger partial charge on any atom is -0.351 e. The van der Waals surface area contributed by atoms with Gasteiger partial charge in [0.1, 0.15) is 0 Å². The van der Waals surface area contributed by atoms with Gasteiger partial charge in [-0.15, -0.1) is 0 Å². The summed E-state index contributed by atoms with van der Waals surface area (Å²) in [6.45, 7) is 5.98. The molecule has 0 spiro atoms. The van der Waals surface area contributed by atoms with Gasteiger partial charge in [0.05, 0.1) is 12.2 Å². The quantitative estimate of drug-likeness (QED) is 0.935. The zero-order valence-corrected chi connectivity index (χ0v) is 14.2. The molecule has 0 radical (unpaired) electrons. The summed E-state index contributed by atoms with van der Waals surface area (Å²) in [4.78, 5) is 23.8. The van der Waals surface area contributed by atoms with Crippen LogP contribution in [0.2, 0.25) is 5.02 Å². The minimum absolute atomic E-state index is 0.108. The van der Waals surface area contributed by atoms with Gasteiger partial charge in [-0.25, -0.2) is 4.68 Å². The second-order valence-electron chi connectivity index (χ2n) is 6.34. The van der Waals surface area contributed by atoms with E-state index in [1.165, 1.54) is 10.7 Å². The van der Waals surface area contributed by atoms with Crippen LogP contribution in [-0.2, 0) is 11.3 Å². The first-order valence-corrected chi connectivity index (χ1v) is 7.77. The third kappa shape index (κ3) is 5.21. The van der Waals surface area contributed by atoms with E-state index in [1.54, 1.807) is 18.2 Å². The molecule has 5 nitrogen and oxygen atoms in total. The van der Waals surface area contributed by atoms with E-state index in [9.17, 15) is 9.59 Å². The summed E-state index contributed by atoms with van der Waals surface area (Å²) in [5.41, 5.74) is 1.01. The number of benzene rings is 1. The molecule has 1 aromatic carbocycles. The summed E-state index contributed by atoms with van der Waals surface area (Å²) in [5, 5.41) is 7.83. The summed E-state index contributed by atoms with van der Waals surface area (Å²) < 4.78 is 1.31. The Morgan fingerprint density at radius 3 is 2.43 bits per heavy atom. The summed E-state index contributed by atoms with van der Waals surface area (Å²) in [7, 11) is 0. The molecular weight excluding hydrogens is 314 g/mol. The van der Waals surface area contributed by atoms with Crippen LogP contribution in [0, 0.1) is 0 Å². The molecule has 6 heteroatoms. The number of nitrogens with zero attached hydrogens (tertiary/aromatic N) is 2. The van der Waals surface area contributed by atoms with Crippen molar-refractivity contribution in [1.29, 1.82) is 0 Å². The predicted molar refractivity (Wildman–Crippen MR) is 91.5 cm³/mol. The monoisotopic (exact) mass is 333 g/mol. The Morgan fingerprint density at radius 1 is 1.17 bits per heavy atom. The van der Waals surface area contributed by atoms with E-state index < -0.39 is 0 Å². The van der Waals surface area contributed by atoms with Crippen molar-refractivity contribution >= 4 is 17.5 Å². The van der Waals surface area contributed by atoms with Crippen LogP contribution in [0.1, 0.15) is 27.2 Å². The molecule has 1 heterocycles. The Balaban J connectivity index is 2.13. The molecule has 0 aliphatic heterocycles. The molecule has 0 bridgehead atoms. The van der Waals surface area contributed by atoms with Gasteiger partial charge in [-0.1, -0.05) is 23.7 Å². The average Bonchev–Trinajstić information content (AvgIpc) is 2.45. The average molecular weight is 334 g/mol. The molecule has 122 valence electrons. The molecule has 1 amide bonds. The summed E-state index contributed by atoms with van der Waals surface area (Å²) in [6, 6.07) is 10.3. The number of halogens is 1. The highest BCUT2D eigenvalue weighted by molar-refractivity contribution is 6.30. The molecule has 0 aliphatic carbocycles. The van der Waals surface area contributed by atoms with Crippen LogP contribution in [0.15, 0.2) is 41.2 Å². The summed E-state index contributed by atoms with van der Waals surface area (Å²) >= 11 is 5.87. The lowest BCUT2D eigenvalue weighted by atomic mass is 10.1. The number of amides is 1. The largest absolute Gasteiger partial charge is 0.351 e. The number of hydrogen-bond acceptors (Lipinski definition) is 3. The maximum atomic E-state index is 11.9. The Morgan fingerprint density at radius 2 is 1.83 bits per heavy atom. The van der Waals surface area contributed by atoms with Gasteiger partial charge in [0, 0.05) is 28.6 Å². The standard InChI is InChI=1S/C17H20ClN3O2/c1-17(2,3)19-15(22)10-11-21-16(23)9-8-14(20-21)12-4-6-13(18)7-5-12/h4-9H,10-11H2,1-3H3,(H,19,22). The first-order chi connectivity index (χ1) is 10.7. The number of carbonyl (C=O) groups excluding carboxylic acids is 1. The van der Waals surface area contributed by atoms with Crippen LogP contribution in [0.25, 0.3) is 11.3 Å². The van der Waals surface area contributed by atoms with E-state index in [0.29, 0.717) is 10.7 Å². The van der Waals surface area contributed by atoms with Crippen molar-refractivity contribution < 1.29 is 4.79 Å². The van der Waals surface area contributed by atoms with Crippen LogP contribution >= 0.6 is 11.6 Å². The van der Waals surface area contributed by atoms with Crippen molar-refractivity contribution in [3.63, 3.8) is 0 Å².